The van der Waals surface area contributed by atoms with E-state index in [0.29, 0.717) is 31.1 Å². The van der Waals surface area contributed by atoms with Gasteiger partial charge in [-0.2, -0.15) is 4.31 Å². The number of nitrogens with one attached hydrogen (secondary N) is 2. The Kier molecular flexibility index (Phi) is 5.22. The van der Waals surface area contributed by atoms with Crippen molar-refractivity contribution in [2.75, 3.05) is 32.7 Å². The average molecular weight is 351 g/mol. The molecule has 0 saturated carbocycles. The second-order valence-electron chi connectivity index (χ2n) is 6.68. The summed E-state index contributed by atoms with van der Waals surface area (Å²) < 4.78 is 27.1. The van der Waals surface area contributed by atoms with Crippen LogP contribution >= 0.6 is 0 Å². The molecule has 1 amide bonds. The highest BCUT2D eigenvalue weighted by atomic mass is 32.2. The van der Waals surface area contributed by atoms with E-state index < -0.39 is 10.0 Å². The Morgan fingerprint density at radius 1 is 1.25 bits per heavy atom. The first-order valence-corrected chi connectivity index (χ1v) is 10.0. The van der Waals surface area contributed by atoms with Gasteiger partial charge >= 0.3 is 0 Å². The van der Waals surface area contributed by atoms with Crippen LogP contribution in [-0.4, -0.2) is 51.4 Å². The second-order valence-corrected chi connectivity index (χ2v) is 8.61. The average Bonchev–Trinajstić information content (AvgIpc) is 2.54. The number of hydrogen-bond donors (Lipinski definition) is 2. The maximum absolute atomic E-state index is 12.8. The van der Waals surface area contributed by atoms with Crippen molar-refractivity contribution >= 4 is 15.9 Å². The van der Waals surface area contributed by atoms with Crippen molar-refractivity contribution in [2.24, 2.45) is 5.92 Å². The van der Waals surface area contributed by atoms with Crippen molar-refractivity contribution in [2.45, 2.75) is 31.1 Å². The van der Waals surface area contributed by atoms with Crippen LogP contribution in [0, 0.1) is 12.8 Å². The van der Waals surface area contributed by atoms with E-state index in [4.69, 9.17) is 0 Å². The molecule has 2 aliphatic rings. The third-order valence-electron chi connectivity index (χ3n) is 4.82. The van der Waals surface area contributed by atoms with Gasteiger partial charge in [0.25, 0.3) is 5.91 Å². The topological polar surface area (TPSA) is 78.5 Å². The smallest absolute Gasteiger partial charge is 0.251 e. The Morgan fingerprint density at radius 3 is 2.58 bits per heavy atom. The highest BCUT2D eigenvalue weighted by Crippen LogP contribution is 2.23. The molecule has 2 heterocycles. The lowest BCUT2D eigenvalue weighted by Gasteiger charge is -2.27. The summed E-state index contributed by atoms with van der Waals surface area (Å²) in [6.45, 7) is 5.41. The first-order chi connectivity index (χ1) is 11.5. The van der Waals surface area contributed by atoms with Gasteiger partial charge in [0.1, 0.15) is 0 Å². The summed E-state index contributed by atoms with van der Waals surface area (Å²) in [6.07, 6.45) is 2.87. The van der Waals surface area contributed by atoms with Crippen LogP contribution < -0.4 is 10.6 Å². The zero-order valence-electron chi connectivity index (χ0n) is 14.0. The molecule has 0 bridgehead atoms. The van der Waals surface area contributed by atoms with Crippen molar-refractivity contribution < 1.29 is 13.2 Å². The summed E-state index contributed by atoms with van der Waals surface area (Å²) >= 11 is 0. The minimum Gasteiger partial charge on any atom is -0.352 e. The van der Waals surface area contributed by atoms with Crippen LogP contribution in [0.15, 0.2) is 23.1 Å². The first-order valence-electron chi connectivity index (χ1n) is 8.58. The number of carbonyl (C=O) groups excluding carboxylic acids is 1. The molecule has 0 spiro atoms. The van der Waals surface area contributed by atoms with Crippen molar-refractivity contribution in [3.05, 3.63) is 29.3 Å². The van der Waals surface area contributed by atoms with E-state index in [9.17, 15) is 13.2 Å². The molecule has 0 atom stereocenters. The quantitative estimate of drug-likeness (QED) is 0.833. The minimum absolute atomic E-state index is 0.199. The molecule has 1 aromatic carbocycles. The number of benzene rings is 1. The Labute approximate surface area is 143 Å². The fourth-order valence-electron chi connectivity index (χ4n) is 3.09. The molecule has 2 saturated heterocycles. The summed E-state index contributed by atoms with van der Waals surface area (Å²) in [5.41, 5.74) is 1.23. The van der Waals surface area contributed by atoms with Crippen molar-refractivity contribution in [1.82, 2.24) is 14.9 Å². The number of carbonyl (C=O) groups is 1. The molecule has 0 unspecified atom stereocenters. The van der Waals surface area contributed by atoms with E-state index in [2.05, 4.69) is 10.6 Å². The zero-order chi connectivity index (χ0) is 17.2. The van der Waals surface area contributed by atoms with E-state index >= 15 is 0 Å². The Morgan fingerprint density at radius 2 is 1.96 bits per heavy atom. The normalized spacial score (nSPS) is 19.7. The maximum Gasteiger partial charge on any atom is 0.251 e. The van der Waals surface area contributed by atoms with Crippen LogP contribution in [0.2, 0.25) is 0 Å². The minimum atomic E-state index is -3.52. The zero-order valence-corrected chi connectivity index (χ0v) is 14.9. The largest absolute Gasteiger partial charge is 0.352 e. The lowest BCUT2D eigenvalue weighted by molar-refractivity contribution is 0.0941. The number of sulfonamides is 1. The summed E-state index contributed by atoms with van der Waals surface area (Å²) in [5, 5.41) is 6.08. The van der Waals surface area contributed by atoms with E-state index in [1.165, 1.54) is 10.4 Å². The number of amides is 1. The van der Waals surface area contributed by atoms with Crippen LogP contribution in [0.1, 0.15) is 35.2 Å². The van der Waals surface area contributed by atoms with Crippen LogP contribution in [0.4, 0.5) is 0 Å². The molecule has 3 rings (SSSR count). The van der Waals surface area contributed by atoms with Gasteiger partial charge in [-0.1, -0.05) is 12.5 Å². The van der Waals surface area contributed by atoms with Gasteiger partial charge in [-0.05, 0) is 37.5 Å². The molecule has 0 aliphatic carbocycles. The molecular formula is C17H25N3O3S. The molecule has 1 aromatic rings. The van der Waals surface area contributed by atoms with Gasteiger partial charge in [0.2, 0.25) is 10.0 Å². The second kappa shape index (κ2) is 7.21. The third-order valence-corrected chi connectivity index (χ3v) is 6.72. The molecule has 2 fully saturated rings. The molecular weight excluding hydrogens is 326 g/mol. The predicted octanol–water partition coefficient (Wildman–Crippen LogP) is 1.12. The fourth-order valence-corrected chi connectivity index (χ4v) is 4.63. The third kappa shape index (κ3) is 3.63. The molecule has 7 heteroatoms. The van der Waals surface area contributed by atoms with Gasteiger partial charge < -0.3 is 10.6 Å². The molecule has 6 nitrogen and oxygen atoms in total. The standard InChI is InChI=1S/C17H25N3O3S/c1-13-5-6-15(24(22,23)20-7-3-2-4-8-20)9-16(13)17(21)19-12-14-10-18-11-14/h5-6,9,14,18H,2-4,7-8,10-12H2,1H3,(H,19,21). The van der Waals surface area contributed by atoms with Crippen LogP contribution in [0.25, 0.3) is 0 Å². The summed E-state index contributed by atoms with van der Waals surface area (Å²) in [7, 11) is -3.52. The Balaban J connectivity index is 1.78. The van der Waals surface area contributed by atoms with Crippen LogP contribution in [-0.2, 0) is 10.0 Å². The maximum atomic E-state index is 12.8. The summed E-state index contributed by atoms with van der Waals surface area (Å²) in [4.78, 5) is 12.6. The molecule has 132 valence electrons. The lowest BCUT2D eigenvalue weighted by Crippen LogP contribution is -2.48. The first kappa shape index (κ1) is 17.4. The van der Waals surface area contributed by atoms with E-state index in [1.54, 1.807) is 12.1 Å². The van der Waals surface area contributed by atoms with Gasteiger partial charge in [0.15, 0.2) is 0 Å². The number of hydrogen-bond acceptors (Lipinski definition) is 4. The van der Waals surface area contributed by atoms with Crippen molar-refractivity contribution in [1.29, 1.82) is 0 Å². The SMILES string of the molecule is Cc1ccc(S(=O)(=O)N2CCCCC2)cc1C(=O)NCC1CNC1. The summed E-state index contributed by atoms with van der Waals surface area (Å²) in [6, 6.07) is 4.84. The van der Waals surface area contributed by atoms with Crippen LogP contribution in [0.5, 0.6) is 0 Å². The number of aryl methyl sites for hydroxylation is 1. The van der Waals surface area contributed by atoms with E-state index in [0.717, 1.165) is 37.9 Å². The fraction of sp³-hybridized carbons (Fsp3) is 0.588. The van der Waals surface area contributed by atoms with Crippen molar-refractivity contribution in [3.8, 4) is 0 Å². The van der Waals surface area contributed by atoms with Gasteiger partial charge in [-0.25, -0.2) is 8.42 Å². The molecule has 0 aromatic heterocycles. The van der Waals surface area contributed by atoms with Gasteiger partial charge in [-0.15, -0.1) is 0 Å². The lowest BCUT2D eigenvalue weighted by atomic mass is 10.0. The monoisotopic (exact) mass is 351 g/mol. The number of rotatable bonds is 5. The predicted molar refractivity (Wildman–Crippen MR) is 92.5 cm³/mol. The van der Waals surface area contributed by atoms with E-state index in [-0.39, 0.29) is 10.8 Å². The summed E-state index contributed by atoms with van der Waals surface area (Å²) in [5.74, 6) is 0.268. The van der Waals surface area contributed by atoms with Gasteiger partial charge in [0.05, 0.1) is 4.90 Å². The highest BCUT2D eigenvalue weighted by Gasteiger charge is 2.27. The Bertz CT molecular complexity index is 708. The molecule has 2 aliphatic heterocycles. The van der Waals surface area contributed by atoms with Gasteiger partial charge in [0, 0.05) is 44.2 Å². The van der Waals surface area contributed by atoms with Gasteiger partial charge in [-0.3, -0.25) is 4.79 Å². The van der Waals surface area contributed by atoms with Crippen molar-refractivity contribution in [3.63, 3.8) is 0 Å². The molecule has 2 N–H and O–H groups in total. The van der Waals surface area contributed by atoms with E-state index in [1.807, 2.05) is 6.92 Å². The Hall–Kier alpha value is -1.44. The number of nitrogens with zero attached hydrogens (tertiary/aromatic N) is 1. The molecule has 0 radical (unpaired) electrons. The van der Waals surface area contributed by atoms with Crippen LogP contribution in [0.3, 0.4) is 0 Å². The number of piperidine rings is 1. The molecule has 24 heavy (non-hydrogen) atoms. The highest BCUT2D eigenvalue weighted by molar-refractivity contribution is 7.89.